The van der Waals surface area contributed by atoms with E-state index in [-0.39, 0.29) is 5.78 Å². The summed E-state index contributed by atoms with van der Waals surface area (Å²) in [4.78, 5) is 29.6. The molecule has 1 aromatic heterocycles. The summed E-state index contributed by atoms with van der Waals surface area (Å²) in [6.45, 7) is 0. The van der Waals surface area contributed by atoms with Crippen molar-refractivity contribution in [2.24, 2.45) is 0 Å². The van der Waals surface area contributed by atoms with Crippen molar-refractivity contribution in [1.82, 2.24) is 4.98 Å². The molecule has 11 heteroatoms. The zero-order valence-electron chi connectivity index (χ0n) is 14.9. The van der Waals surface area contributed by atoms with E-state index in [1.54, 1.807) is 30.3 Å². The molecule has 0 aliphatic heterocycles. The summed E-state index contributed by atoms with van der Waals surface area (Å²) in [5.74, 6) is 0.339. The highest BCUT2D eigenvalue weighted by atomic mass is 32.3. The molecule has 0 aliphatic carbocycles. The summed E-state index contributed by atoms with van der Waals surface area (Å²) in [5.41, 5.74) is 2.69. The Hall–Kier alpha value is -3.28. The number of carbonyl (C=O) groups excluding carboxylic acids is 2. The molecule has 0 radical (unpaired) electrons. The maximum atomic E-state index is 12.4. The SMILES string of the molecule is COC(=O)Nc1[nH]c2cc(C(=O)c3ccccc3)ccc2[nH+]1.COS(=O)(=O)[O-]. The van der Waals surface area contributed by atoms with E-state index in [4.69, 9.17) is 0 Å². The third kappa shape index (κ3) is 5.87. The van der Waals surface area contributed by atoms with Crippen molar-refractivity contribution in [3.63, 3.8) is 0 Å². The number of fused-ring (bicyclic) bond motifs is 1. The van der Waals surface area contributed by atoms with Crippen molar-refractivity contribution in [1.29, 1.82) is 0 Å². The lowest BCUT2D eigenvalue weighted by atomic mass is 10.0. The Morgan fingerprint density at radius 1 is 1.07 bits per heavy atom. The number of methoxy groups -OCH3 is 1. The number of imidazole rings is 1. The number of hydrogen-bond donors (Lipinski definition) is 2. The molecule has 3 aromatic rings. The maximum Gasteiger partial charge on any atom is 0.476 e. The Morgan fingerprint density at radius 3 is 2.29 bits per heavy atom. The number of aromatic amines is 2. The van der Waals surface area contributed by atoms with E-state index in [2.05, 4.69) is 24.2 Å². The van der Waals surface area contributed by atoms with Gasteiger partial charge in [0.05, 0.1) is 14.2 Å². The minimum Gasteiger partial charge on any atom is -0.726 e. The molecule has 0 saturated heterocycles. The second-order valence-electron chi connectivity index (χ2n) is 5.27. The van der Waals surface area contributed by atoms with Gasteiger partial charge in [-0.15, -0.1) is 0 Å². The first-order valence-corrected chi connectivity index (χ1v) is 9.08. The first kappa shape index (κ1) is 21.0. The molecule has 28 heavy (non-hydrogen) atoms. The van der Waals surface area contributed by atoms with Gasteiger partial charge in [0.2, 0.25) is 10.4 Å². The van der Waals surface area contributed by atoms with Gasteiger partial charge >= 0.3 is 12.0 Å². The van der Waals surface area contributed by atoms with Gasteiger partial charge in [0.25, 0.3) is 0 Å². The second-order valence-corrected chi connectivity index (χ2v) is 6.42. The molecule has 0 spiro atoms. The van der Waals surface area contributed by atoms with Gasteiger partial charge in [0.15, 0.2) is 5.78 Å². The van der Waals surface area contributed by atoms with E-state index in [0.29, 0.717) is 22.6 Å². The van der Waals surface area contributed by atoms with Crippen LogP contribution in [0.1, 0.15) is 15.9 Å². The Bertz CT molecular complexity index is 1080. The highest BCUT2D eigenvalue weighted by Crippen LogP contribution is 2.16. The predicted molar refractivity (Wildman–Crippen MR) is 97.5 cm³/mol. The monoisotopic (exact) mass is 407 g/mol. The molecule has 1 amide bonds. The van der Waals surface area contributed by atoms with Crippen LogP contribution in [0.25, 0.3) is 11.0 Å². The van der Waals surface area contributed by atoms with E-state index in [1.165, 1.54) is 7.11 Å². The summed E-state index contributed by atoms with van der Waals surface area (Å²) in [7, 11) is -2.32. The predicted octanol–water partition coefficient (Wildman–Crippen LogP) is 1.48. The summed E-state index contributed by atoms with van der Waals surface area (Å²) >= 11 is 0. The molecule has 10 nitrogen and oxygen atoms in total. The van der Waals surface area contributed by atoms with Crippen LogP contribution < -0.4 is 10.3 Å². The number of amides is 1. The number of aromatic nitrogens is 2. The van der Waals surface area contributed by atoms with Crippen LogP contribution in [-0.2, 0) is 19.3 Å². The Balaban J connectivity index is 0.000000409. The number of rotatable bonds is 4. The highest BCUT2D eigenvalue weighted by Gasteiger charge is 2.15. The van der Waals surface area contributed by atoms with Gasteiger partial charge in [-0.25, -0.2) is 23.2 Å². The van der Waals surface area contributed by atoms with E-state index in [1.807, 2.05) is 18.2 Å². The Morgan fingerprint density at radius 2 is 1.71 bits per heavy atom. The molecule has 3 rings (SSSR count). The van der Waals surface area contributed by atoms with Crippen LogP contribution >= 0.6 is 0 Å². The number of nitrogens with one attached hydrogen (secondary N) is 3. The molecule has 148 valence electrons. The average molecular weight is 407 g/mol. The number of hydrogen-bond acceptors (Lipinski definition) is 7. The van der Waals surface area contributed by atoms with Gasteiger partial charge in [-0.3, -0.25) is 8.98 Å². The van der Waals surface area contributed by atoms with Crippen LogP contribution in [-0.4, -0.2) is 44.1 Å². The van der Waals surface area contributed by atoms with Gasteiger partial charge in [0, 0.05) is 11.1 Å². The molecule has 1 heterocycles. The Kier molecular flexibility index (Phi) is 6.82. The van der Waals surface area contributed by atoms with Crippen molar-refractivity contribution in [2.45, 2.75) is 0 Å². The quantitative estimate of drug-likeness (QED) is 0.377. The van der Waals surface area contributed by atoms with Crippen molar-refractivity contribution in [2.75, 3.05) is 19.5 Å². The van der Waals surface area contributed by atoms with Gasteiger partial charge in [-0.05, 0) is 18.2 Å². The van der Waals surface area contributed by atoms with Crippen molar-refractivity contribution < 1.29 is 36.5 Å². The lowest BCUT2D eigenvalue weighted by molar-refractivity contribution is -0.326. The molecule has 0 unspecified atom stereocenters. The standard InChI is InChI=1S/C16H13N3O3.CH4O4S/c1-22-16(21)19-15-17-12-8-7-11(9-13(12)18-15)14(20)10-5-3-2-4-6-10;1-5-6(2,3)4/h2-9H,1H3,(H2,17,18,19,21);1H3,(H,2,3,4). The number of ketones is 1. The zero-order chi connectivity index (χ0) is 20.7. The lowest BCUT2D eigenvalue weighted by Crippen LogP contribution is -2.17. The fourth-order valence-electron chi connectivity index (χ4n) is 2.17. The summed E-state index contributed by atoms with van der Waals surface area (Å²) in [6, 6.07) is 14.3. The van der Waals surface area contributed by atoms with Gasteiger partial charge in [-0.1, -0.05) is 30.3 Å². The number of anilines is 1. The third-order valence-electron chi connectivity index (χ3n) is 3.45. The average Bonchev–Trinajstić information content (AvgIpc) is 3.09. The molecule has 0 fully saturated rings. The lowest BCUT2D eigenvalue weighted by Gasteiger charge is -1.99. The normalized spacial score (nSPS) is 10.7. The highest BCUT2D eigenvalue weighted by molar-refractivity contribution is 7.80. The smallest absolute Gasteiger partial charge is 0.476 e. The summed E-state index contributed by atoms with van der Waals surface area (Å²) < 4.78 is 35.5. The minimum atomic E-state index is -4.41. The van der Waals surface area contributed by atoms with Gasteiger partial charge < -0.3 is 9.29 Å². The first-order valence-electron chi connectivity index (χ1n) is 7.74. The Labute approximate surface area is 160 Å². The summed E-state index contributed by atoms with van der Waals surface area (Å²) in [6.07, 6.45) is -0.580. The summed E-state index contributed by atoms with van der Waals surface area (Å²) in [5, 5.41) is 2.50. The van der Waals surface area contributed by atoms with Crippen LogP contribution in [0.3, 0.4) is 0 Å². The number of ether oxygens (including phenoxy) is 1. The number of carbonyl (C=O) groups is 2. The van der Waals surface area contributed by atoms with Crippen molar-refractivity contribution in [3.05, 3.63) is 59.7 Å². The van der Waals surface area contributed by atoms with E-state index >= 15 is 0 Å². The third-order valence-corrected chi connectivity index (χ3v) is 3.86. The second kappa shape index (κ2) is 9.08. The fraction of sp³-hybridized carbons (Fsp3) is 0.118. The van der Waals surface area contributed by atoms with Crippen LogP contribution in [0.2, 0.25) is 0 Å². The molecular weight excluding hydrogens is 390 g/mol. The molecule has 0 aliphatic rings. The minimum absolute atomic E-state index is 0.0559. The van der Waals surface area contributed by atoms with Gasteiger partial charge in [0.1, 0.15) is 11.0 Å². The maximum absolute atomic E-state index is 12.4. The molecule has 0 atom stereocenters. The molecule has 0 bridgehead atoms. The first-order chi connectivity index (χ1) is 13.2. The molecular formula is C17H17N3O7S. The van der Waals surface area contributed by atoms with E-state index in [0.717, 1.165) is 12.6 Å². The number of H-pyrrole nitrogens is 2. The van der Waals surface area contributed by atoms with Crippen molar-refractivity contribution in [3.8, 4) is 0 Å². The van der Waals surface area contributed by atoms with Crippen LogP contribution in [0.15, 0.2) is 48.5 Å². The number of benzene rings is 2. The van der Waals surface area contributed by atoms with Crippen LogP contribution in [0.5, 0.6) is 0 Å². The fourth-order valence-corrected chi connectivity index (χ4v) is 2.17. The van der Waals surface area contributed by atoms with Crippen molar-refractivity contribution >= 4 is 39.3 Å². The van der Waals surface area contributed by atoms with E-state index in [9.17, 15) is 22.6 Å². The van der Waals surface area contributed by atoms with E-state index < -0.39 is 16.5 Å². The largest absolute Gasteiger partial charge is 0.726 e. The van der Waals surface area contributed by atoms with Crippen LogP contribution in [0.4, 0.5) is 10.7 Å². The molecule has 3 N–H and O–H groups in total. The molecule has 0 saturated carbocycles. The topological polar surface area (TPSA) is 152 Å². The zero-order valence-corrected chi connectivity index (χ0v) is 15.7. The van der Waals surface area contributed by atoms with Gasteiger partial charge in [-0.2, -0.15) is 5.32 Å². The van der Waals surface area contributed by atoms with Crippen LogP contribution in [0, 0.1) is 0 Å². The molecule has 2 aromatic carbocycles.